The first-order valence-electron chi connectivity index (χ1n) is 8.75. The Balaban J connectivity index is 1.96. The molecule has 3 rings (SSSR count). The van der Waals surface area contributed by atoms with Crippen LogP contribution in [0.3, 0.4) is 0 Å². The number of hydrogen-bond acceptors (Lipinski definition) is 3. The maximum atomic E-state index is 12.7. The van der Waals surface area contributed by atoms with E-state index in [9.17, 15) is 9.59 Å². The lowest BCUT2D eigenvalue weighted by molar-refractivity contribution is 0.0970. The van der Waals surface area contributed by atoms with E-state index in [1.54, 1.807) is 6.07 Å². The van der Waals surface area contributed by atoms with Crippen molar-refractivity contribution >= 4 is 21.7 Å². The SMILES string of the molecule is [2H]C([2H])([2H])c1c(C(=O)Cn2cc(Br)ccc2=O)cnn1Cc1ccccc1. The summed E-state index contributed by atoms with van der Waals surface area (Å²) >= 11 is 3.25. The van der Waals surface area contributed by atoms with Crippen LogP contribution in [0, 0.1) is 6.85 Å². The molecular weight excluding hydrogens is 370 g/mol. The van der Waals surface area contributed by atoms with E-state index >= 15 is 0 Å². The molecule has 0 aliphatic heterocycles. The quantitative estimate of drug-likeness (QED) is 0.631. The molecule has 0 unspecified atom stereocenters. The number of halogens is 1. The third-order valence-corrected chi connectivity index (χ3v) is 4.05. The number of rotatable bonds is 5. The highest BCUT2D eigenvalue weighted by molar-refractivity contribution is 9.10. The minimum atomic E-state index is -2.52. The lowest BCUT2D eigenvalue weighted by Gasteiger charge is -2.07. The lowest BCUT2D eigenvalue weighted by atomic mass is 10.1. The monoisotopic (exact) mass is 388 g/mol. The topological polar surface area (TPSA) is 56.9 Å². The molecule has 122 valence electrons. The Hall–Kier alpha value is -2.47. The predicted molar refractivity (Wildman–Crippen MR) is 95.2 cm³/mol. The van der Waals surface area contributed by atoms with Crippen molar-refractivity contribution in [1.29, 1.82) is 0 Å². The summed E-state index contributed by atoms with van der Waals surface area (Å²) in [6.07, 6.45) is 2.75. The number of pyridine rings is 1. The van der Waals surface area contributed by atoms with Crippen LogP contribution in [-0.4, -0.2) is 20.1 Å². The van der Waals surface area contributed by atoms with Gasteiger partial charge >= 0.3 is 0 Å². The molecule has 24 heavy (non-hydrogen) atoms. The van der Waals surface area contributed by atoms with Gasteiger partial charge in [0.15, 0.2) is 5.78 Å². The first kappa shape index (κ1) is 12.9. The van der Waals surface area contributed by atoms with Gasteiger partial charge in [-0.05, 0) is 34.4 Å². The molecule has 0 atom stereocenters. The Morgan fingerprint density at radius 2 is 2.04 bits per heavy atom. The van der Waals surface area contributed by atoms with E-state index in [2.05, 4.69) is 21.0 Å². The van der Waals surface area contributed by atoms with Crippen LogP contribution >= 0.6 is 15.9 Å². The molecule has 0 bridgehead atoms. The van der Waals surface area contributed by atoms with Crippen molar-refractivity contribution in [1.82, 2.24) is 14.3 Å². The molecule has 0 amide bonds. The summed E-state index contributed by atoms with van der Waals surface area (Å²) in [7, 11) is 0. The van der Waals surface area contributed by atoms with Gasteiger partial charge in [-0.3, -0.25) is 14.3 Å². The Morgan fingerprint density at radius 3 is 2.79 bits per heavy atom. The van der Waals surface area contributed by atoms with Gasteiger partial charge in [0.05, 0.1) is 24.8 Å². The molecule has 2 heterocycles. The van der Waals surface area contributed by atoms with E-state index in [0.717, 1.165) is 5.56 Å². The minimum Gasteiger partial charge on any atom is -0.307 e. The summed E-state index contributed by atoms with van der Waals surface area (Å²) in [5.41, 5.74) is 0.393. The van der Waals surface area contributed by atoms with Crippen LogP contribution in [0.4, 0.5) is 0 Å². The van der Waals surface area contributed by atoms with E-state index in [1.165, 1.54) is 27.7 Å². The summed E-state index contributed by atoms with van der Waals surface area (Å²) in [5.74, 6) is -0.486. The summed E-state index contributed by atoms with van der Waals surface area (Å²) in [6, 6.07) is 12.2. The summed E-state index contributed by atoms with van der Waals surface area (Å²) in [6.45, 7) is -2.55. The number of carbonyl (C=O) groups excluding carboxylic acids is 1. The molecule has 0 aliphatic rings. The Labute approximate surface area is 151 Å². The normalized spacial score (nSPS) is 13.1. The van der Waals surface area contributed by atoms with Crippen LogP contribution in [0.15, 0.2) is 64.1 Å². The molecule has 0 spiro atoms. The zero-order valence-corrected chi connectivity index (χ0v) is 14.2. The van der Waals surface area contributed by atoms with Crippen LogP contribution in [0.25, 0.3) is 0 Å². The third kappa shape index (κ3) is 3.54. The van der Waals surface area contributed by atoms with Gasteiger partial charge in [-0.2, -0.15) is 5.10 Å². The van der Waals surface area contributed by atoms with Crippen molar-refractivity contribution in [2.45, 2.75) is 19.9 Å². The standard InChI is InChI=1S/C18H16BrN3O2/c1-13-16(9-20-22(13)10-14-5-3-2-4-6-14)17(23)12-21-11-15(19)7-8-18(21)24/h2-9,11H,10,12H2,1H3/i1D3. The summed E-state index contributed by atoms with van der Waals surface area (Å²) in [4.78, 5) is 24.7. The van der Waals surface area contributed by atoms with Gasteiger partial charge in [-0.15, -0.1) is 0 Å². The largest absolute Gasteiger partial charge is 0.307 e. The molecule has 1 aromatic carbocycles. The molecular formula is C18H16BrN3O2. The number of carbonyl (C=O) groups is 1. The van der Waals surface area contributed by atoms with Crippen LogP contribution in [0.2, 0.25) is 0 Å². The number of nitrogens with zero attached hydrogens (tertiary/aromatic N) is 3. The predicted octanol–water partition coefficient (Wildman–Crippen LogP) is 3.05. The Kier molecular flexibility index (Phi) is 3.74. The van der Waals surface area contributed by atoms with Crippen LogP contribution < -0.4 is 5.56 Å². The number of aromatic nitrogens is 3. The fraction of sp³-hybridized carbons (Fsp3) is 0.167. The van der Waals surface area contributed by atoms with E-state index < -0.39 is 12.6 Å². The first-order chi connectivity index (χ1) is 12.8. The van der Waals surface area contributed by atoms with Crippen molar-refractivity contribution in [3.05, 3.63) is 86.5 Å². The van der Waals surface area contributed by atoms with Gasteiger partial charge in [-0.25, -0.2) is 0 Å². The molecule has 3 aromatic rings. The fourth-order valence-electron chi connectivity index (χ4n) is 2.33. The third-order valence-electron chi connectivity index (χ3n) is 3.58. The highest BCUT2D eigenvalue weighted by Crippen LogP contribution is 2.12. The summed E-state index contributed by atoms with van der Waals surface area (Å²) < 4.78 is 26.7. The van der Waals surface area contributed by atoms with Gasteiger partial charge in [0, 0.05) is 26.5 Å². The highest BCUT2D eigenvalue weighted by Gasteiger charge is 2.15. The minimum absolute atomic E-state index is 0.00203. The molecule has 6 heteroatoms. The maximum absolute atomic E-state index is 12.7. The smallest absolute Gasteiger partial charge is 0.251 e. The maximum Gasteiger partial charge on any atom is 0.251 e. The van der Waals surface area contributed by atoms with E-state index in [1.807, 2.05) is 30.3 Å². The second-order valence-corrected chi connectivity index (χ2v) is 6.20. The van der Waals surface area contributed by atoms with Crippen molar-refractivity contribution in [2.24, 2.45) is 0 Å². The van der Waals surface area contributed by atoms with Gasteiger partial charge in [0.1, 0.15) is 0 Å². The van der Waals surface area contributed by atoms with Crippen molar-refractivity contribution in [3.63, 3.8) is 0 Å². The first-order valence-corrected chi connectivity index (χ1v) is 8.04. The Morgan fingerprint density at radius 1 is 1.25 bits per heavy atom. The molecule has 0 radical (unpaired) electrons. The highest BCUT2D eigenvalue weighted by atomic mass is 79.9. The van der Waals surface area contributed by atoms with Gasteiger partial charge in [0.2, 0.25) is 0 Å². The number of Topliss-reactive ketones (excluding diaryl/α,β-unsaturated/α-hetero) is 1. The molecule has 0 N–H and O–H groups in total. The second kappa shape index (κ2) is 6.97. The van der Waals surface area contributed by atoms with Crippen LogP contribution in [0.1, 0.15) is 25.7 Å². The number of ketones is 1. The van der Waals surface area contributed by atoms with E-state index in [4.69, 9.17) is 4.11 Å². The van der Waals surface area contributed by atoms with E-state index in [-0.39, 0.29) is 29.9 Å². The summed E-state index contributed by atoms with van der Waals surface area (Å²) in [5, 5.41) is 4.12. The van der Waals surface area contributed by atoms with E-state index in [0.29, 0.717) is 4.47 Å². The zero-order valence-electron chi connectivity index (χ0n) is 15.6. The molecule has 2 aromatic heterocycles. The molecule has 0 saturated carbocycles. The fourth-order valence-corrected chi connectivity index (χ4v) is 2.71. The second-order valence-electron chi connectivity index (χ2n) is 5.29. The van der Waals surface area contributed by atoms with Crippen molar-refractivity contribution < 1.29 is 8.91 Å². The van der Waals surface area contributed by atoms with Crippen molar-refractivity contribution in [3.8, 4) is 0 Å². The molecule has 0 saturated heterocycles. The average Bonchev–Trinajstić information content (AvgIpc) is 3.03. The van der Waals surface area contributed by atoms with Crippen LogP contribution in [0.5, 0.6) is 0 Å². The lowest BCUT2D eigenvalue weighted by Crippen LogP contribution is -2.23. The molecule has 0 aliphatic carbocycles. The average molecular weight is 389 g/mol. The molecule has 5 nitrogen and oxygen atoms in total. The number of hydrogen-bond donors (Lipinski definition) is 0. The van der Waals surface area contributed by atoms with Gasteiger partial charge in [-0.1, -0.05) is 30.3 Å². The van der Waals surface area contributed by atoms with Gasteiger partial charge < -0.3 is 4.57 Å². The Bertz CT molecular complexity index is 1030. The van der Waals surface area contributed by atoms with Crippen molar-refractivity contribution in [2.75, 3.05) is 0 Å². The molecule has 0 fully saturated rings. The van der Waals surface area contributed by atoms with Crippen LogP contribution in [-0.2, 0) is 13.1 Å². The van der Waals surface area contributed by atoms with Gasteiger partial charge in [0.25, 0.3) is 5.56 Å². The number of benzene rings is 1. The zero-order chi connectivity index (χ0) is 19.6.